The van der Waals surface area contributed by atoms with Crippen LogP contribution in [-0.2, 0) is 17.7 Å². The van der Waals surface area contributed by atoms with Crippen LogP contribution in [0, 0.1) is 0 Å². The Balaban J connectivity index is 1.52. The van der Waals surface area contributed by atoms with Crippen molar-refractivity contribution < 1.29 is 14.2 Å². The second kappa shape index (κ2) is 10.3. The average Bonchev–Trinajstić information content (AvgIpc) is 3.31. The fourth-order valence-corrected chi connectivity index (χ4v) is 6.29. The molecule has 8 heteroatoms. The van der Waals surface area contributed by atoms with E-state index in [-0.39, 0.29) is 5.54 Å². The molecule has 0 amide bonds. The molecule has 3 aliphatic rings. The number of nitrogens with one attached hydrogen (secondary N) is 1. The van der Waals surface area contributed by atoms with E-state index in [0.29, 0.717) is 0 Å². The van der Waals surface area contributed by atoms with Crippen LogP contribution in [0.1, 0.15) is 24.5 Å². The molecule has 31 heavy (non-hydrogen) atoms. The molecule has 1 aromatic rings. The van der Waals surface area contributed by atoms with Gasteiger partial charge in [-0.15, -0.1) is 0 Å². The summed E-state index contributed by atoms with van der Waals surface area (Å²) < 4.78 is 16.6. The summed E-state index contributed by atoms with van der Waals surface area (Å²) in [5.41, 5.74) is 2.79. The Labute approximate surface area is 190 Å². The standard InChI is InChI=1S/C23H36N4O3S/c1-4-24-22(25-16-23(6-12-31-17-23)27-8-10-30-11-9-27)26-7-5-18-13-20(28-2)21(29-3)14-19(18)15-26/h13-14H,4-12,15-17H2,1-3H3,(H,24,25). The first kappa shape index (κ1) is 22.6. The lowest BCUT2D eigenvalue weighted by atomic mass is 9.96. The van der Waals surface area contributed by atoms with Gasteiger partial charge in [-0.1, -0.05) is 0 Å². The molecule has 3 aliphatic heterocycles. The summed E-state index contributed by atoms with van der Waals surface area (Å²) in [5, 5.41) is 3.55. The number of hydrogen-bond donors (Lipinski definition) is 1. The van der Waals surface area contributed by atoms with Crippen molar-refractivity contribution >= 4 is 17.7 Å². The maximum atomic E-state index is 5.61. The summed E-state index contributed by atoms with van der Waals surface area (Å²) in [6.07, 6.45) is 2.19. The lowest BCUT2D eigenvalue weighted by molar-refractivity contribution is -0.0105. The van der Waals surface area contributed by atoms with Gasteiger partial charge in [0.1, 0.15) is 0 Å². The van der Waals surface area contributed by atoms with Crippen LogP contribution in [0.4, 0.5) is 0 Å². The van der Waals surface area contributed by atoms with Crippen molar-refractivity contribution in [3.05, 3.63) is 23.3 Å². The van der Waals surface area contributed by atoms with Crippen molar-refractivity contribution in [2.24, 2.45) is 4.99 Å². The lowest BCUT2D eigenvalue weighted by Gasteiger charge is -2.42. The number of methoxy groups -OCH3 is 2. The first-order chi connectivity index (χ1) is 15.2. The summed E-state index contributed by atoms with van der Waals surface area (Å²) in [7, 11) is 3.39. The van der Waals surface area contributed by atoms with Gasteiger partial charge in [0.2, 0.25) is 0 Å². The molecule has 1 atom stereocenters. The number of aliphatic imine (C=N–C) groups is 1. The van der Waals surface area contributed by atoms with E-state index in [1.165, 1.54) is 23.3 Å². The van der Waals surface area contributed by atoms with E-state index in [1.54, 1.807) is 14.2 Å². The van der Waals surface area contributed by atoms with Crippen molar-refractivity contribution in [1.82, 2.24) is 15.1 Å². The van der Waals surface area contributed by atoms with Gasteiger partial charge >= 0.3 is 0 Å². The van der Waals surface area contributed by atoms with E-state index in [4.69, 9.17) is 19.2 Å². The van der Waals surface area contributed by atoms with E-state index in [1.807, 2.05) is 0 Å². The highest BCUT2D eigenvalue weighted by Gasteiger charge is 2.40. The minimum absolute atomic E-state index is 0.166. The minimum atomic E-state index is 0.166. The molecule has 0 spiro atoms. The monoisotopic (exact) mass is 448 g/mol. The van der Waals surface area contributed by atoms with Crippen molar-refractivity contribution in [2.45, 2.75) is 31.8 Å². The fourth-order valence-electron chi connectivity index (χ4n) is 4.82. The normalized spacial score (nSPS) is 24.7. The molecule has 1 N–H and O–H groups in total. The molecule has 0 saturated carbocycles. The Morgan fingerprint density at radius 2 is 1.90 bits per heavy atom. The average molecular weight is 449 g/mol. The largest absolute Gasteiger partial charge is 0.493 e. The van der Waals surface area contributed by atoms with Crippen LogP contribution in [0.5, 0.6) is 11.5 Å². The molecule has 0 aromatic heterocycles. The molecule has 0 bridgehead atoms. The minimum Gasteiger partial charge on any atom is -0.493 e. The number of fused-ring (bicyclic) bond motifs is 1. The third kappa shape index (κ3) is 4.91. The summed E-state index contributed by atoms with van der Waals surface area (Å²) in [6, 6.07) is 4.24. The zero-order valence-electron chi connectivity index (χ0n) is 19.1. The van der Waals surface area contributed by atoms with Crippen LogP contribution in [-0.4, -0.2) is 93.0 Å². The molecule has 172 valence electrons. The number of nitrogens with zero attached hydrogens (tertiary/aromatic N) is 3. The van der Waals surface area contributed by atoms with Gasteiger partial charge in [-0.05, 0) is 48.8 Å². The van der Waals surface area contributed by atoms with Crippen molar-refractivity contribution in [3.8, 4) is 11.5 Å². The van der Waals surface area contributed by atoms with Gasteiger partial charge in [0.15, 0.2) is 17.5 Å². The quantitative estimate of drug-likeness (QED) is 0.529. The fraction of sp³-hybridized carbons (Fsp3) is 0.696. The molecule has 0 radical (unpaired) electrons. The first-order valence-corrected chi connectivity index (χ1v) is 12.5. The zero-order valence-corrected chi connectivity index (χ0v) is 19.9. The van der Waals surface area contributed by atoms with Gasteiger partial charge < -0.3 is 24.4 Å². The molecule has 3 heterocycles. The topological polar surface area (TPSA) is 58.6 Å². The predicted octanol–water partition coefficient (Wildman–Crippen LogP) is 2.24. The second-order valence-corrected chi connectivity index (χ2v) is 9.55. The van der Waals surface area contributed by atoms with Crippen LogP contribution < -0.4 is 14.8 Å². The van der Waals surface area contributed by atoms with Gasteiger partial charge in [-0.25, -0.2) is 0 Å². The zero-order chi connectivity index (χ0) is 21.7. The Morgan fingerprint density at radius 1 is 1.16 bits per heavy atom. The third-order valence-electron chi connectivity index (χ3n) is 6.64. The summed E-state index contributed by atoms with van der Waals surface area (Å²) >= 11 is 2.06. The Bertz CT molecular complexity index is 776. The second-order valence-electron chi connectivity index (χ2n) is 8.44. The molecule has 2 fully saturated rings. The van der Waals surface area contributed by atoms with E-state index in [9.17, 15) is 0 Å². The van der Waals surface area contributed by atoms with Gasteiger partial charge in [-0.2, -0.15) is 11.8 Å². The summed E-state index contributed by atoms with van der Waals surface area (Å²) in [6.45, 7) is 9.36. The number of ether oxygens (including phenoxy) is 3. The van der Waals surface area contributed by atoms with E-state index in [2.05, 4.69) is 45.9 Å². The van der Waals surface area contributed by atoms with Gasteiger partial charge in [-0.3, -0.25) is 9.89 Å². The van der Waals surface area contributed by atoms with Crippen molar-refractivity contribution in [3.63, 3.8) is 0 Å². The number of benzene rings is 1. The number of rotatable bonds is 6. The molecule has 2 saturated heterocycles. The number of morpholine rings is 1. The SMILES string of the molecule is CCNC(=NCC1(N2CCOCC2)CCSC1)N1CCc2cc(OC)c(OC)cc2C1. The van der Waals surface area contributed by atoms with E-state index >= 15 is 0 Å². The van der Waals surface area contributed by atoms with Crippen LogP contribution in [0.15, 0.2) is 17.1 Å². The Kier molecular flexibility index (Phi) is 7.51. The summed E-state index contributed by atoms with van der Waals surface area (Å²) in [5.74, 6) is 5.01. The molecule has 7 nitrogen and oxygen atoms in total. The van der Waals surface area contributed by atoms with Gasteiger partial charge in [0, 0.05) is 38.5 Å². The van der Waals surface area contributed by atoms with Gasteiger partial charge in [0.05, 0.1) is 39.5 Å². The van der Waals surface area contributed by atoms with Gasteiger partial charge in [0.25, 0.3) is 0 Å². The Morgan fingerprint density at radius 3 is 2.55 bits per heavy atom. The van der Waals surface area contributed by atoms with E-state index in [0.717, 1.165) is 82.1 Å². The molecule has 1 unspecified atom stereocenters. The highest BCUT2D eigenvalue weighted by Crippen LogP contribution is 2.35. The molecular weight excluding hydrogens is 412 g/mol. The van der Waals surface area contributed by atoms with Crippen molar-refractivity contribution in [1.29, 1.82) is 0 Å². The van der Waals surface area contributed by atoms with Crippen molar-refractivity contribution in [2.75, 3.05) is 71.7 Å². The van der Waals surface area contributed by atoms with Crippen LogP contribution >= 0.6 is 11.8 Å². The predicted molar refractivity (Wildman–Crippen MR) is 127 cm³/mol. The van der Waals surface area contributed by atoms with Crippen LogP contribution in [0.25, 0.3) is 0 Å². The highest BCUT2D eigenvalue weighted by molar-refractivity contribution is 7.99. The molecule has 4 rings (SSSR count). The molecule has 0 aliphatic carbocycles. The highest BCUT2D eigenvalue weighted by atomic mass is 32.2. The third-order valence-corrected chi connectivity index (χ3v) is 7.87. The number of guanidine groups is 1. The maximum absolute atomic E-state index is 5.61. The number of thioether (sulfide) groups is 1. The Hall–Kier alpha value is -1.64. The smallest absolute Gasteiger partial charge is 0.194 e. The summed E-state index contributed by atoms with van der Waals surface area (Å²) in [4.78, 5) is 10.2. The van der Waals surface area contributed by atoms with Crippen LogP contribution in [0.2, 0.25) is 0 Å². The first-order valence-electron chi connectivity index (χ1n) is 11.4. The number of hydrogen-bond acceptors (Lipinski definition) is 6. The molecule has 1 aromatic carbocycles. The molecular formula is C23H36N4O3S. The van der Waals surface area contributed by atoms with Crippen LogP contribution in [0.3, 0.4) is 0 Å². The maximum Gasteiger partial charge on any atom is 0.194 e. The van der Waals surface area contributed by atoms with E-state index < -0.39 is 0 Å². The lowest BCUT2D eigenvalue weighted by Crippen LogP contribution is -2.56.